The molecular formula is C5H10O. The van der Waals surface area contributed by atoms with Crippen molar-refractivity contribution in [3.05, 3.63) is 0 Å². The summed E-state index contributed by atoms with van der Waals surface area (Å²) in [5.41, 5.74) is 0. The number of rotatable bonds is 1. The highest BCUT2D eigenvalue weighted by Gasteiger charge is 2.30. The second-order valence-corrected chi connectivity index (χ2v) is 1.78. The lowest BCUT2D eigenvalue weighted by Crippen LogP contribution is -1.83. The number of aliphatic hydroxyl groups excluding tert-OH is 1. The van der Waals surface area contributed by atoms with Gasteiger partial charge in [-0.2, -0.15) is 0 Å². The maximum absolute atomic E-state index is 8.49. The molecule has 0 aliphatic heterocycles. The molecule has 0 heterocycles. The Morgan fingerprint density at radius 3 is 3.17 bits per heavy atom. The van der Waals surface area contributed by atoms with Crippen molar-refractivity contribution in [2.75, 3.05) is 6.61 Å². The molecule has 1 heteroatoms. The van der Waals surface area contributed by atoms with E-state index >= 15 is 0 Å². The molecular weight excluding hydrogens is 76.1 g/mol. The highest BCUT2D eigenvalue weighted by atomic mass is 16.3. The van der Waals surface area contributed by atoms with E-state index in [1.165, 1.54) is 0 Å². The zero-order valence-electron chi connectivity index (χ0n) is 6.52. The van der Waals surface area contributed by atoms with Gasteiger partial charge in [0.05, 0.1) is 0 Å². The first kappa shape index (κ1) is 1.83. The first-order chi connectivity index (χ1) is 4.05. The summed E-state index contributed by atoms with van der Waals surface area (Å²) in [6.45, 7) is -1.80. The van der Waals surface area contributed by atoms with Gasteiger partial charge in [0.2, 0.25) is 0 Å². The van der Waals surface area contributed by atoms with Gasteiger partial charge in [0.15, 0.2) is 0 Å². The predicted octanol–water partition coefficient (Wildman–Crippen LogP) is 0.635. The minimum absolute atomic E-state index is 0.0308. The van der Waals surface area contributed by atoms with Crippen LogP contribution in [0.2, 0.25) is 0 Å². The summed E-state index contributed by atoms with van der Waals surface area (Å²) in [5, 5.41) is 8.49. The summed E-state index contributed by atoms with van der Waals surface area (Å²) < 4.78 is 20.7. The van der Waals surface area contributed by atoms with Crippen molar-refractivity contribution < 1.29 is 9.22 Å². The molecule has 0 aromatic heterocycles. The van der Waals surface area contributed by atoms with E-state index in [2.05, 4.69) is 0 Å². The molecule has 6 heavy (non-hydrogen) atoms. The van der Waals surface area contributed by atoms with E-state index in [0.29, 0.717) is 6.42 Å². The van der Waals surface area contributed by atoms with E-state index in [1.54, 1.807) is 0 Å². The zero-order valence-corrected chi connectivity index (χ0v) is 3.52. The molecule has 1 fully saturated rings. The van der Waals surface area contributed by atoms with Crippen molar-refractivity contribution >= 4 is 0 Å². The fraction of sp³-hybridized carbons (Fsp3) is 1.00. The molecule has 0 amide bonds. The molecule has 1 saturated carbocycles. The SMILES string of the molecule is [2H]C([2H])([2H])C1CC1CO. The monoisotopic (exact) mass is 89.1 g/mol. The molecule has 1 aliphatic rings. The van der Waals surface area contributed by atoms with Gasteiger partial charge in [0.25, 0.3) is 0 Å². The highest BCUT2D eigenvalue weighted by molar-refractivity contribution is 4.80. The molecule has 0 bridgehead atoms. The second-order valence-electron chi connectivity index (χ2n) is 1.78. The van der Waals surface area contributed by atoms with Crippen molar-refractivity contribution in [1.82, 2.24) is 0 Å². The van der Waals surface area contributed by atoms with Crippen LogP contribution in [0.4, 0.5) is 0 Å². The lowest BCUT2D eigenvalue weighted by molar-refractivity contribution is 0.270. The molecule has 1 aliphatic carbocycles. The quantitative estimate of drug-likeness (QED) is 0.499. The lowest BCUT2D eigenvalue weighted by atomic mass is 10.4. The standard InChI is InChI=1S/C5H10O/c1-4-2-5(4)3-6/h4-6H,2-3H2,1H3/i1D3. The van der Waals surface area contributed by atoms with Crippen LogP contribution in [0.1, 0.15) is 17.4 Å². The second kappa shape index (κ2) is 1.23. The normalized spacial score (nSPS) is 52.5. The van der Waals surface area contributed by atoms with Gasteiger partial charge in [-0.25, -0.2) is 0 Å². The third kappa shape index (κ3) is 0.548. The smallest absolute Gasteiger partial charge is 0.0461 e. The third-order valence-corrected chi connectivity index (χ3v) is 1.16. The van der Waals surface area contributed by atoms with Gasteiger partial charge in [0, 0.05) is 10.7 Å². The highest BCUT2D eigenvalue weighted by Crippen LogP contribution is 2.36. The van der Waals surface area contributed by atoms with E-state index in [0.717, 1.165) is 0 Å². The first-order valence-electron chi connectivity index (χ1n) is 3.66. The van der Waals surface area contributed by atoms with Gasteiger partial charge in [-0.15, -0.1) is 0 Å². The minimum atomic E-state index is -1.83. The Morgan fingerprint density at radius 2 is 3.00 bits per heavy atom. The van der Waals surface area contributed by atoms with E-state index in [1.807, 2.05) is 0 Å². The average Bonchev–Trinajstić information content (AvgIpc) is 2.39. The first-order valence-corrected chi connectivity index (χ1v) is 2.16. The molecule has 0 spiro atoms. The maximum Gasteiger partial charge on any atom is 0.0461 e. The molecule has 0 saturated heterocycles. The molecule has 1 N–H and O–H groups in total. The zero-order chi connectivity index (χ0) is 7.07. The summed E-state index contributed by atoms with van der Waals surface area (Å²) in [7, 11) is 0. The van der Waals surface area contributed by atoms with Crippen LogP contribution in [0.3, 0.4) is 0 Å². The molecule has 0 aromatic carbocycles. The van der Waals surface area contributed by atoms with Crippen LogP contribution in [0, 0.1) is 11.8 Å². The average molecular weight is 89.2 g/mol. The Morgan fingerprint density at radius 1 is 2.17 bits per heavy atom. The van der Waals surface area contributed by atoms with Crippen molar-refractivity contribution in [2.24, 2.45) is 11.8 Å². The van der Waals surface area contributed by atoms with Crippen LogP contribution in [0.5, 0.6) is 0 Å². The van der Waals surface area contributed by atoms with E-state index in [4.69, 9.17) is 9.22 Å². The van der Waals surface area contributed by atoms with E-state index < -0.39 is 6.85 Å². The Labute approximate surface area is 42.2 Å². The topological polar surface area (TPSA) is 20.2 Å². The maximum atomic E-state index is 8.49. The number of hydrogen-bond donors (Lipinski definition) is 1. The van der Waals surface area contributed by atoms with Crippen LogP contribution in [0.15, 0.2) is 0 Å². The Balaban J connectivity index is 2.33. The van der Waals surface area contributed by atoms with Gasteiger partial charge >= 0.3 is 0 Å². The predicted molar refractivity (Wildman–Crippen MR) is 24.4 cm³/mol. The summed E-state index contributed by atoms with van der Waals surface area (Å²) in [5.74, 6) is -0.167. The molecule has 0 aromatic rings. The number of aliphatic hydroxyl groups is 1. The summed E-state index contributed by atoms with van der Waals surface area (Å²) >= 11 is 0. The van der Waals surface area contributed by atoms with Crippen molar-refractivity contribution in [3.63, 3.8) is 0 Å². The van der Waals surface area contributed by atoms with Crippen LogP contribution < -0.4 is 0 Å². The van der Waals surface area contributed by atoms with Crippen LogP contribution in [-0.2, 0) is 0 Å². The largest absolute Gasteiger partial charge is 0.396 e. The fourth-order valence-corrected chi connectivity index (χ4v) is 0.449. The molecule has 1 nitrogen and oxygen atoms in total. The van der Waals surface area contributed by atoms with Gasteiger partial charge in [-0.3, -0.25) is 0 Å². The Bertz CT molecular complexity index is 109. The molecule has 1 rings (SSSR count). The minimum Gasteiger partial charge on any atom is -0.396 e. The van der Waals surface area contributed by atoms with Crippen molar-refractivity contribution in [3.8, 4) is 0 Å². The van der Waals surface area contributed by atoms with Gasteiger partial charge < -0.3 is 5.11 Å². The summed E-state index contributed by atoms with van der Waals surface area (Å²) in [6.07, 6.45) is 0.674. The summed E-state index contributed by atoms with van der Waals surface area (Å²) in [4.78, 5) is 0. The fourth-order valence-electron chi connectivity index (χ4n) is 0.449. The van der Waals surface area contributed by atoms with Crippen molar-refractivity contribution in [1.29, 1.82) is 0 Å². The lowest BCUT2D eigenvalue weighted by Gasteiger charge is -1.79. The van der Waals surface area contributed by atoms with Crippen molar-refractivity contribution in [2.45, 2.75) is 13.3 Å². The van der Waals surface area contributed by atoms with E-state index in [-0.39, 0.29) is 18.4 Å². The number of hydrogen-bond acceptors (Lipinski definition) is 1. The van der Waals surface area contributed by atoms with Gasteiger partial charge in [-0.05, 0) is 18.3 Å². The molecule has 36 valence electrons. The van der Waals surface area contributed by atoms with E-state index in [9.17, 15) is 0 Å². The van der Waals surface area contributed by atoms with Crippen LogP contribution >= 0.6 is 0 Å². The van der Waals surface area contributed by atoms with Crippen LogP contribution in [-0.4, -0.2) is 11.7 Å². The third-order valence-electron chi connectivity index (χ3n) is 1.16. The Hall–Kier alpha value is -0.0400. The summed E-state index contributed by atoms with van der Waals surface area (Å²) in [6, 6.07) is 0. The van der Waals surface area contributed by atoms with Gasteiger partial charge in [-0.1, -0.05) is 6.85 Å². The molecule has 2 atom stereocenters. The van der Waals surface area contributed by atoms with Gasteiger partial charge in [0.1, 0.15) is 0 Å². The van der Waals surface area contributed by atoms with Crippen LogP contribution in [0.25, 0.3) is 0 Å². The molecule has 0 radical (unpaired) electrons. The molecule has 2 unspecified atom stereocenters. The Kier molecular flexibility index (Phi) is 0.374.